The fourth-order valence-electron chi connectivity index (χ4n) is 2.96. The van der Waals surface area contributed by atoms with Gasteiger partial charge in [0.1, 0.15) is 0 Å². The summed E-state index contributed by atoms with van der Waals surface area (Å²) in [5.41, 5.74) is 0.726. The first kappa shape index (κ1) is 22.6. The normalized spacial score (nSPS) is 14.5. The van der Waals surface area contributed by atoms with Gasteiger partial charge in [0.05, 0.1) is 15.5 Å². The van der Waals surface area contributed by atoms with Crippen molar-refractivity contribution in [2.75, 3.05) is 19.7 Å². The summed E-state index contributed by atoms with van der Waals surface area (Å²) in [6.07, 6.45) is 1.60. The standard InChI is InChI=1S/C20H20Cl2N2O5S/c21-15-5-3-14(4-6-15)12-23-19(25)13-29-20(26)17-11-16(7-8-18(17)22)30(27,28)24-9-1-2-10-24/h3-8,11H,1-2,9-10,12-13H2,(H,23,25). The summed E-state index contributed by atoms with van der Waals surface area (Å²) in [6.45, 7) is 0.612. The molecule has 1 aliphatic rings. The Morgan fingerprint density at radius 1 is 1.03 bits per heavy atom. The number of ether oxygens (including phenoxy) is 1. The Balaban J connectivity index is 1.60. The van der Waals surface area contributed by atoms with Crippen molar-refractivity contribution < 1.29 is 22.7 Å². The molecule has 1 N–H and O–H groups in total. The maximum atomic E-state index is 12.7. The molecule has 160 valence electrons. The number of hydrogen-bond acceptors (Lipinski definition) is 5. The zero-order valence-corrected chi connectivity index (χ0v) is 18.3. The quantitative estimate of drug-likeness (QED) is 0.626. The summed E-state index contributed by atoms with van der Waals surface area (Å²) in [7, 11) is -3.71. The van der Waals surface area contributed by atoms with Crippen molar-refractivity contribution in [1.82, 2.24) is 9.62 Å². The third-order valence-corrected chi connectivity index (χ3v) is 7.07. The van der Waals surface area contributed by atoms with Crippen LogP contribution in [0.5, 0.6) is 0 Å². The number of esters is 1. The smallest absolute Gasteiger partial charge is 0.340 e. The summed E-state index contributed by atoms with van der Waals surface area (Å²) in [5, 5.41) is 3.25. The monoisotopic (exact) mass is 470 g/mol. The van der Waals surface area contributed by atoms with Crippen molar-refractivity contribution in [3.05, 3.63) is 63.6 Å². The van der Waals surface area contributed by atoms with Gasteiger partial charge in [0.25, 0.3) is 5.91 Å². The minimum absolute atomic E-state index is 0.0343. The van der Waals surface area contributed by atoms with E-state index in [1.54, 1.807) is 24.3 Å². The highest BCUT2D eigenvalue weighted by molar-refractivity contribution is 7.89. The van der Waals surface area contributed by atoms with Gasteiger partial charge in [0, 0.05) is 24.7 Å². The van der Waals surface area contributed by atoms with Gasteiger partial charge in [0.15, 0.2) is 6.61 Å². The molecule has 1 fully saturated rings. The van der Waals surface area contributed by atoms with Crippen LogP contribution in [0.25, 0.3) is 0 Å². The molecule has 0 unspecified atom stereocenters. The molecule has 3 rings (SSSR count). The second-order valence-corrected chi connectivity index (χ2v) is 9.51. The molecule has 30 heavy (non-hydrogen) atoms. The Morgan fingerprint density at radius 2 is 1.70 bits per heavy atom. The topological polar surface area (TPSA) is 92.8 Å². The Bertz CT molecular complexity index is 1040. The van der Waals surface area contributed by atoms with Crippen LogP contribution < -0.4 is 5.32 Å². The molecule has 0 saturated carbocycles. The van der Waals surface area contributed by atoms with Crippen LogP contribution in [-0.2, 0) is 26.1 Å². The van der Waals surface area contributed by atoms with Gasteiger partial charge in [-0.2, -0.15) is 4.31 Å². The third-order valence-electron chi connectivity index (χ3n) is 4.60. The zero-order valence-electron chi connectivity index (χ0n) is 15.9. The molecule has 0 spiro atoms. The van der Waals surface area contributed by atoms with E-state index in [9.17, 15) is 18.0 Å². The van der Waals surface area contributed by atoms with Crippen LogP contribution in [0.15, 0.2) is 47.4 Å². The average molecular weight is 471 g/mol. The molecule has 7 nitrogen and oxygen atoms in total. The number of rotatable bonds is 7. The van der Waals surface area contributed by atoms with Crippen molar-refractivity contribution >= 4 is 45.1 Å². The molecule has 0 bridgehead atoms. The van der Waals surface area contributed by atoms with Crippen LogP contribution in [0, 0.1) is 0 Å². The average Bonchev–Trinajstić information content (AvgIpc) is 3.27. The van der Waals surface area contributed by atoms with E-state index < -0.39 is 28.5 Å². The number of carbonyl (C=O) groups excluding carboxylic acids is 2. The summed E-state index contributed by atoms with van der Waals surface area (Å²) < 4.78 is 31.7. The first-order valence-corrected chi connectivity index (χ1v) is 11.4. The molecular weight excluding hydrogens is 451 g/mol. The highest BCUT2D eigenvalue weighted by atomic mass is 35.5. The highest BCUT2D eigenvalue weighted by Crippen LogP contribution is 2.25. The number of amides is 1. The number of nitrogens with zero attached hydrogens (tertiary/aromatic N) is 1. The highest BCUT2D eigenvalue weighted by Gasteiger charge is 2.28. The molecule has 1 amide bonds. The summed E-state index contributed by atoms with van der Waals surface area (Å²) in [6, 6.07) is 10.8. The van der Waals surface area contributed by atoms with E-state index in [2.05, 4.69) is 5.32 Å². The molecule has 10 heteroatoms. The number of hydrogen-bond donors (Lipinski definition) is 1. The number of nitrogens with one attached hydrogen (secondary N) is 1. The molecular formula is C20H20Cl2N2O5S. The van der Waals surface area contributed by atoms with E-state index in [-0.39, 0.29) is 22.0 Å². The summed E-state index contributed by atoms with van der Waals surface area (Å²) >= 11 is 11.9. The maximum absolute atomic E-state index is 12.7. The second-order valence-electron chi connectivity index (χ2n) is 6.73. The predicted octanol–water partition coefficient (Wildman–Crippen LogP) is 3.25. The molecule has 1 heterocycles. The van der Waals surface area contributed by atoms with E-state index in [1.807, 2.05) is 0 Å². The van der Waals surface area contributed by atoms with Gasteiger partial charge >= 0.3 is 5.97 Å². The number of sulfonamides is 1. The SMILES string of the molecule is O=C(COC(=O)c1cc(S(=O)(=O)N2CCCC2)ccc1Cl)NCc1ccc(Cl)cc1. The molecule has 0 radical (unpaired) electrons. The van der Waals surface area contributed by atoms with Crippen LogP contribution in [0.4, 0.5) is 0 Å². The van der Waals surface area contributed by atoms with E-state index in [0.717, 1.165) is 18.4 Å². The van der Waals surface area contributed by atoms with Crippen molar-refractivity contribution in [2.24, 2.45) is 0 Å². The fraction of sp³-hybridized carbons (Fsp3) is 0.300. The Kier molecular flexibility index (Phi) is 7.36. The van der Waals surface area contributed by atoms with E-state index >= 15 is 0 Å². The fourth-order valence-corrected chi connectivity index (χ4v) is 4.83. The lowest BCUT2D eigenvalue weighted by molar-refractivity contribution is -0.124. The van der Waals surface area contributed by atoms with Gasteiger partial charge in [-0.05, 0) is 48.7 Å². The van der Waals surface area contributed by atoms with Crippen molar-refractivity contribution in [2.45, 2.75) is 24.3 Å². The number of halogens is 2. The Labute approximate surface area is 185 Å². The summed E-state index contributed by atoms with van der Waals surface area (Å²) in [5.74, 6) is -1.38. The van der Waals surface area contributed by atoms with Crippen molar-refractivity contribution in [3.8, 4) is 0 Å². The molecule has 2 aromatic rings. The van der Waals surface area contributed by atoms with Crippen LogP contribution in [-0.4, -0.2) is 44.3 Å². The van der Waals surface area contributed by atoms with Gasteiger partial charge in [-0.15, -0.1) is 0 Å². The number of carbonyl (C=O) groups is 2. The third kappa shape index (κ3) is 5.51. The minimum atomic E-state index is -3.71. The van der Waals surface area contributed by atoms with Crippen LogP contribution in [0.3, 0.4) is 0 Å². The second kappa shape index (κ2) is 9.78. The molecule has 0 aliphatic carbocycles. The van der Waals surface area contributed by atoms with E-state index in [4.69, 9.17) is 27.9 Å². The van der Waals surface area contributed by atoms with Crippen molar-refractivity contribution in [3.63, 3.8) is 0 Å². The lowest BCUT2D eigenvalue weighted by Gasteiger charge is -2.16. The van der Waals surface area contributed by atoms with Crippen LogP contribution in [0.2, 0.25) is 10.0 Å². The first-order valence-electron chi connectivity index (χ1n) is 9.25. The first-order chi connectivity index (χ1) is 14.3. The zero-order chi connectivity index (χ0) is 21.7. The van der Waals surface area contributed by atoms with Crippen LogP contribution in [0.1, 0.15) is 28.8 Å². The Hall–Kier alpha value is -2.13. The van der Waals surface area contributed by atoms with Gasteiger partial charge in [-0.25, -0.2) is 13.2 Å². The Morgan fingerprint density at radius 3 is 2.37 bits per heavy atom. The van der Waals surface area contributed by atoms with Gasteiger partial charge in [0.2, 0.25) is 10.0 Å². The van der Waals surface area contributed by atoms with Gasteiger partial charge in [-0.1, -0.05) is 35.3 Å². The van der Waals surface area contributed by atoms with Gasteiger partial charge < -0.3 is 10.1 Å². The number of benzene rings is 2. The van der Waals surface area contributed by atoms with Gasteiger partial charge in [-0.3, -0.25) is 4.79 Å². The predicted molar refractivity (Wildman–Crippen MR) is 113 cm³/mol. The largest absolute Gasteiger partial charge is 0.452 e. The minimum Gasteiger partial charge on any atom is -0.452 e. The summed E-state index contributed by atoms with van der Waals surface area (Å²) in [4.78, 5) is 24.3. The molecule has 1 saturated heterocycles. The molecule has 0 atom stereocenters. The maximum Gasteiger partial charge on any atom is 0.340 e. The molecule has 0 aromatic heterocycles. The van der Waals surface area contributed by atoms with E-state index in [1.165, 1.54) is 22.5 Å². The molecule has 1 aliphatic heterocycles. The van der Waals surface area contributed by atoms with Crippen LogP contribution >= 0.6 is 23.2 Å². The lowest BCUT2D eigenvalue weighted by atomic mass is 10.2. The van der Waals surface area contributed by atoms with E-state index in [0.29, 0.717) is 18.1 Å². The lowest BCUT2D eigenvalue weighted by Crippen LogP contribution is -2.29. The molecule has 2 aromatic carbocycles. The van der Waals surface area contributed by atoms with Crippen molar-refractivity contribution in [1.29, 1.82) is 0 Å².